The Morgan fingerprint density at radius 2 is 1.17 bits per heavy atom. The van der Waals surface area contributed by atoms with Crippen LogP contribution in [-0.4, -0.2) is 25.4 Å². The first-order valence-electron chi connectivity index (χ1n) is 17.1. The molecular weight excluding hydrogens is 733 g/mol. The summed E-state index contributed by atoms with van der Waals surface area (Å²) in [6, 6.07) is 26.3. The lowest BCUT2D eigenvalue weighted by Crippen LogP contribution is -2.24. The molecule has 0 unspecified atom stereocenters. The Balaban J connectivity index is 1.47. The molecule has 5 rings (SSSR count). The maximum absolute atomic E-state index is 13.9. The molecule has 284 valence electrons. The molecule has 1 amide bonds. The Labute approximate surface area is 309 Å². The van der Waals surface area contributed by atoms with Gasteiger partial charge in [0.2, 0.25) is 0 Å². The molecule has 6 nitrogen and oxygen atoms in total. The number of rotatable bonds is 15. The van der Waals surface area contributed by atoms with Crippen molar-refractivity contribution in [3.63, 3.8) is 0 Å². The Morgan fingerprint density at radius 3 is 1.70 bits per heavy atom. The molecule has 0 aliphatic carbocycles. The number of hydrogen-bond acceptors (Lipinski definition) is 4. The molecule has 13 heteroatoms. The van der Waals surface area contributed by atoms with Gasteiger partial charge in [0.05, 0.1) is 16.0 Å². The van der Waals surface area contributed by atoms with E-state index in [1.165, 1.54) is 54.1 Å². The van der Waals surface area contributed by atoms with Gasteiger partial charge in [-0.3, -0.25) is 9.35 Å². The number of carbonyl (C=O) groups is 1. The van der Waals surface area contributed by atoms with Crippen molar-refractivity contribution in [2.24, 2.45) is 0 Å². The van der Waals surface area contributed by atoms with Gasteiger partial charge in [-0.15, -0.1) is 0 Å². The van der Waals surface area contributed by atoms with Crippen LogP contribution < -0.4 is 10.1 Å². The molecule has 0 aliphatic heterocycles. The van der Waals surface area contributed by atoms with Crippen LogP contribution in [0, 0.1) is 0 Å². The smallest absolute Gasteiger partial charge is 0.416 e. The zero-order chi connectivity index (χ0) is 38.9. The van der Waals surface area contributed by atoms with Crippen LogP contribution >= 0.6 is 0 Å². The Morgan fingerprint density at radius 1 is 0.630 bits per heavy atom. The van der Waals surface area contributed by atoms with Crippen molar-refractivity contribution in [2.75, 3.05) is 6.54 Å². The van der Waals surface area contributed by atoms with Crippen molar-refractivity contribution in [3.8, 4) is 28.0 Å². The molecule has 0 aliphatic rings. The standard InChI is InChI=1S/C41H37F6NO5S/c42-40(43,44)33-16-9-14-30(23-33)36-25-32(39(49)48-22-8-3-1-2-5-11-28-12-6-4-7-13-28)26-37(31-15-10-17-34(24-31)41(45,46)47)38(36)53-27-29-18-20-35(21-19-29)54(50,51)52/h4,6-7,9-10,12-21,23-26H,1-3,5,8,11,22,27H2,(H,48,49)(H,50,51,52). The predicted molar refractivity (Wildman–Crippen MR) is 193 cm³/mol. The minimum absolute atomic E-state index is 0.00846. The van der Waals surface area contributed by atoms with Gasteiger partial charge in [0.1, 0.15) is 12.4 Å². The van der Waals surface area contributed by atoms with Gasteiger partial charge in [-0.2, -0.15) is 34.8 Å². The molecule has 0 spiro atoms. The Bertz CT molecular complexity index is 2070. The third kappa shape index (κ3) is 11.0. The lowest BCUT2D eigenvalue weighted by atomic mass is 9.92. The number of amides is 1. The van der Waals surface area contributed by atoms with Crippen LogP contribution in [0.25, 0.3) is 22.3 Å². The van der Waals surface area contributed by atoms with E-state index in [0.29, 0.717) is 18.5 Å². The van der Waals surface area contributed by atoms with Crippen LogP contribution in [0.4, 0.5) is 26.3 Å². The summed E-state index contributed by atoms with van der Waals surface area (Å²) in [5.41, 5.74) is -0.374. The first-order chi connectivity index (χ1) is 25.6. The summed E-state index contributed by atoms with van der Waals surface area (Å²) in [5, 5.41) is 2.83. The molecule has 0 bridgehead atoms. The van der Waals surface area contributed by atoms with E-state index < -0.39 is 39.5 Å². The third-order valence-electron chi connectivity index (χ3n) is 8.73. The number of ether oxygens (including phenoxy) is 1. The van der Waals surface area contributed by atoms with E-state index in [1.54, 1.807) is 0 Å². The van der Waals surface area contributed by atoms with Crippen molar-refractivity contribution in [3.05, 3.63) is 143 Å². The second kappa shape index (κ2) is 17.3. The minimum atomic E-state index is -4.73. The molecule has 54 heavy (non-hydrogen) atoms. The maximum Gasteiger partial charge on any atom is 0.416 e. The molecule has 0 radical (unpaired) electrons. The molecule has 0 heterocycles. The fourth-order valence-corrected chi connectivity index (χ4v) is 6.40. The third-order valence-corrected chi connectivity index (χ3v) is 9.60. The second-order valence-electron chi connectivity index (χ2n) is 12.7. The number of alkyl halides is 6. The highest BCUT2D eigenvalue weighted by Gasteiger charge is 2.32. The van der Waals surface area contributed by atoms with Crippen LogP contribution in [0.5, 0.6) is 5.75 Å². The van der Waals surface area contributed by atoms with Crippen molar-refractivity contribution >= 4 is 16.0 Å². The molecule has 2 N–H and O–H groups in total. The second-order valence-corrected chi connectivity index (χ2v) is 14.1. The van der Waals surface area contributed by atoms with E-state index >= 15 is 0 Å². The summed E-state index contributed by atoms with van der Waals surface area (Å²) in [4.78, 5) is 13.2. The number of hydrogen-bond donors (Lipinski definition) is 2. The van der Waals surface area contributed by atoms with E-state index in [-0.39, 0.29) is 45.1 Å². The van der Waals surface area contributed by atoms with Gasteiger partial charge < -0.3 is 10.1 Å². The van der Waals surface area contributed by atoms with E-state index in [1.807, 2.05) is 18.2 Å². The average Bonchev–Trinajstić information content (AvgIpc) is 3.14. The SMILES string of the molecule is O=C(NCCCCCCCc1ccccc1)c1cc(-c2cccc(C(F)(F)F)c2)c(OCc2ccc(S(=O)(=O)O)cc2)c(-c2cccc(C(F)(F)F)c2)c1. The zero-order valence-electron chi connectivity index (χ0n) is 28.9. The van der Waals surface area contributed by atoms with Gasteiger partial charge in [-0.25, -0.2) is 0 Å². The van der Waals surface area contributed by atoms with Gasteiger partial charge in [0, 0.05) is 23.2 Å². The highest BCUT2D eigenvalue weighted by atomic mass is 32.2. The fraction of sp³-hybridized carbons (Fsp3) is 0.244. The quantitative estimate of drug-likeness (QED) is 0.0628. The van der Waals surface area contributed by atoms with Crippen LogP contribution in [-0.2, 0) is 35.5 Å². The molecule has 0 aromatic heterocycles. The summed E-state index contributed by atoms with van der Waals surface area (Å²) in [6.45, 7) is -0.00627. The predicted octanol–water partition coefficient (Wildman–Crippen LogP) is 10.8. The molecule has 5 aromatic rings. The van der Waals surface area contributed by atoms with Gasteiger partial charge in [-0.05, 0) is 90.0 Å². The van der Waals surface area contributed by atoms with Crippen molar-refractivity contribution in [1.29, 1.82) is 0 Å². The molecule has 0 saturated carbocycles. The number of benzene rings is 5. The van der Waals surface area contributed by atoms with E-state index in [4.69, 9.17) is 4.74 Å². The number of carbonyl (C=O) groups excluding carboxylic acids is 1. The lowest BCUT2D eigenvalue weighted by molar-refractivity contribution is -0.138. The summed E-state index contributed by atoms with van der Waals surface area (Å²) >= 11 is 0. The summed E-state index contributed by atoms with van der Waals surface area (Å²) < 4.78 is 122. The first-order valence-corrected chi connectivity index (χ1v) is 18.6. The van der Waals surface area contributed by atoms with Gasteiger partial charge in [0.25, 0.3) is 16.0 Å². The number of unbranched alkanes of at least 4 members (excludes halogenated alkanes) is 4. The normalized spacial score (nSPS) is 12.1. The molecule has 5 aromatic carbocycles. The summed E-state index contributed by atoms with van der Waals surface area (Å²) in [7, 11) is -4.50. The number of aryl methyl sites for hydroxylation is 1. The number of halogens is 6. The number of nitrogens with one attached hydrogen (secondary N) is 1. The van der Waals surface area contributed by atoms with Gasteiger partial charge >= 0.3 is 12.4 Å². The van der Waals surface area contributed by atoms with Crippen LogP contribution in [0.3, 0.4) is 0 Å². The van der Waals surface area contributed by atoms with Crippen LogP contribution in [0.15, 0.2) is 120 Å². The van der Waals surface area contributed by atoms with Crippen molar-refractivity contribution in [2.45, 2.75) is 62.4 Å². The largest absolute Gasteiger partial charge is 0.488 e. The minimum Gasteiger partial charge on any atom is -0.488 e. The van der Waals surface area contributed by atoms with E-state index in [2.05, 4.69) is 17.4 Å². The van der Waals surface area contributed by atoms with Crippen molar-refractivity contribution in [1.82, 2.24) is 5.32 Å². The van der Waals surface area contributed by atoms with E-state index in [0.717, 1.165) is 68.5 Å². The molecule has 0 saturated heterocycles. The average molecular weight is 770 g/mol. The first kappa shape index (κ1) is 40.1. The van der Waals surface area contributed by atoms with Crippen molar-refractivity contribution < 1.29 is 48.8 Å². The van der Waals surface area contributed by atoms with Gasteiger partial charge in [0.15, 0.2) is 0 Å². The highest BCUT2D eigenvalue weighted by molar-refractivity contribution is 7.85. The summed E-state index contributed by atoms with van der Waals surface area (Å²) in [5.74, 6) is -0.688. The zero-order valence-corrected chi connectivity index (χ0v) is 29.7. The van der Waals surface area contributed by atoms with Crippen LogP contribution in [0.1, 0.15) is 64.7 Å². The molecule has 0 fully saturated rings. The van der Waals surface area contributed by atoms with Crippen LogP contribution in [0.2, 0.25) is 0 Å². The Kier molecular flexibility index (Phi) is 12.9. The van der Waals surface area contributed by atoms with E-state index in [9.17, 15) is 44.1 Å². The lowest BCUT2D eigenvalue weighted by Gasteiger charge is -2.20. The van der Waals surface area contributed by atoms with Gasteiger partial charge in [-0.1, -0.05) is 86.0 Å². The summed E-state index contributed by atoms with van der Waals surface area (Å²) in [6.07, 6.45) is -3.99. The highest BCUT2D eigenvalue weighted by Crippen LogP contribution is 2.43. The molecule has 0 atom stereocenters. The molecular formula is C41H37F6NO5S. The Hall–Kier alpha value is -5.14. The maximum atomic E-state index is 13.9. The fourth-order valence-electron chi connectivity index (χ4n) is 5.92. The topological polar surface area (TPSA) is 92.7 Å². The monoisotopic (exact) mass is 769 g/mol.